The SMILES string of the molecule is O=C(Nc1cnoc1)N1CCC(=Cc2cccc(OCCc3ccc(F)cc3)c2)CC1. The van der Waals surface area contributed by atoms with Crippen molar-refractivity contribution in [3.63, 3.8) is 0 Å². The van der Waals surface area contributed by atoms with Crippen LogP contribution in [0, 0.1) is 5.82 Å². The van der Waals surface area contributed by atoms with Gasteiger partial charge in [-0.3, -0.25) is 0 Å². The molecule has 0 spiro atoms. The van der Waals surface area contributed by atoms with Crippen LogP contribution in [-0.2, 0) is 6.42 Å². The third kappa shape index (κ3) is 5.94. The van der Waals surface area contributed by atoms with E-state index in [1.807, 2.05) is 24.3 Å². The number of nitrogens with zero attached hydrogens (tertiary/aromatic N) is 2. The van der Waals surface area contributed by atoms with Crippen LogP contribution in [0.1, 0.15) is 24.0 Å². The summed E-state index contributed by atoms with van der Waals surface area (Å²) < 4.78 is 23.6. The van der Waals surface area contributed by atoms with Crippen molar-refractivity contribution in [2.75, 3.05) is 25.0 Å². The first-order chi connectivity index (χ1) is 15.2. The third-order valence-corrected chi connectivity index (χ3v) is 5.18. The number of halogens is 1. The molecular weight excluding hydrogens is 397 g/mol. The number of carbonyl (C=O) groups excluding carboxylic acids is 1. The maximum absolute atomic E-state index is 13.0. The van der Waals surface area contributed by atoms with E-state index < -0.39 is 0 Å². The first kappa shape index (κ1) is 20.7. The Bertz CT molecular complexity index is 1020. The van der Waals surface area contributed by atoms with Crippen LogP contribution in [0.15, 0.2) is 71.1 Å². The number of piperidine rings is 1. The number of urea groups is 1. The molecule has 0 unspecified atom stereocenters. The van der Waals surface area contributed by atoms with E-state index >= 15 is 0 Å². The van der Waals surface area contributed by atoms with Crippen LogP contribution in [0.2, 0.25) is 0 Å². The average Bonchev–Trinajstić information content (AvgIpc) is 3.29. The molecule has 1 aromatic heterocycles. The predicted molar refractivity (Wildman–Crippen MR) is 116 cm³/mol. The molecule has 2 aromatic carbocycles. The van der Waals surface area contributed by atoms with E-state index in [0.29, 0.717) is 25.4 Å². The highest BCUT2D eigenvalue weighted by molar-refractivity contribution is 5.89. The van der Waals surface area contributed by atoms with Gasteiger partial charge in [0.05, 0.1) is 12.8 Å². The molecule has 31 heavy (non-hydrogen) atoms. The Morgan fingerprint density at radius 1 is 1.19 bits per heavy atom. The fourth-order valence-electron chi connectivity index (χ4n) is 3.48. The number of rotatable bonds is 6. The van der Waals surface area contributed by atoms with E-state index in [1.165, 1.54) is 30.2 Å². The minimum Gasteiger partial charge on any atom is -0.493 e. The second kappa shape index (κ2) is 9.93. The van der Waals surface area contributed by atoms with E-state index in [4.69, 9.17) is 9.26 Å². The Morgan fingerprint density at radius 3 is 2.74 bits per heavy atom. The molecule has 2 amide bonds. The lowest BCUT2D eigenvalue weighted by atomic mass is 10.0. The van der Waals surface area contributed by atoms with Crippen molar-refractivity contribution < 1.29 is 18.4 Å². The van der Waals surface area contributed by atoms with Gasteiger partial charge in [-0.2, -0.15) is 0 Å². The first-order valence-corrected chi connectivity index (χ1v) is 10.3. The van der Waals surface area contributed by atoms with E-state index in [9.17, 15) is 9.18 Å². The quantitative estimate of drug-likeness (QED) is 0.598. The number of ether oxygens (including phenoxy) is 1. The van der Waals surface area contributed by atoms with Gasteiger partial charge < -0.3 is 19.5 Å². The summed E-state index contributed by atoms with van der Waals surface area (Å²) in [4.78, 5) is 14.1. The van der Waals surface area contributed by atoms with Gasteiger partial charge in [0, 0.05) is 19.5 Å². The van der Waals surface area contributed by atoms with Gasteiger partial charge in [0.25, 0.3) is 0 Å². The second-order valence-electron chi connectivity index (χ2n) is 7.43. The topological polar surface area (TPSA) is 67.6 Å². The Labute approximate surface area is 180 Å². The Hall–Kier alpha value is -3.61. The minimum atomic E-state index is -0.230. The highest BCUT2D eigenvalue weighted by Gasteiger charge is 2.19. The zero-order chi connectivity index (χ0) is 21.5. The summed E-state index contributed by atoms with van der Waals surface area (Å²) >= 11 is 0. The van der Waals surface area contributed by atoms with Crippen LogP contribution >= 0.6 is 0 Å². The molecule has 1 saturated heterocycles. The second-order valence-corrected chi connectivity index (χ2v) is 7.43. The molecule has 4 rings (SSSR count). The maximum Gasteiger partial charge on any atom is 0.321 e. The van der Waals surface area contributed by atoms with Crippen LogP contribution in [0.25, 0.3) is 6.08 Å². The normalized spacial score (nSPS) is 13.7. The Balaban J connectivity index is 1.27. The molecule has 0 atom stereocenters. The lowest BCUT2D eigenvalue weighted by molar-refractivity contribution is 0.208. The van der Waals surface area contributed by atoms with Crippen molar-refractivity contribution in [2.24, 2.45) is 0 Å². The lowest BCUT2D eigenvalue weighted by Gasteiger charge is -2.28. The van der Waals surface area contributed by atoms with Gasteiger partial charge in [-0.25, -0.2) is 9.18 Å². The molecule has 6 nitrogen and oxygen atoms in total. The highest BCUT2D eigenvalue weighted by atomic mass is 19.1. The average molecular weight is 421 g/mol. The number of hydrogen-bond acceptors (Lipinski definition) is 4. The summed E-state index contributed by atoms with van der Waals surface area (Å²) in [7, 11) is 0. The summed E-state index contributed by atoms with van der Waals surface area (Å²) in [6.07, 6.45) is 7.42. The molecular formula is C24H24FN3O3. The summed E-state index contributed by atoms with van der Waals surface area (Å²) in [5.41, 5.74) is 3.98. The largest absolute Gasteiger partial charge is 0.493 e. The van der Waals surface area contributed by atoms with Gasteiger partial charge in [-0.15, -0.1) is 0 Å². The molecule has 1 fully saturated rings. The number of likely N-dealkylation sites (tertiary alicyclic amines) is 1. The van der Waals surface area contributed by atoms with Crippen molar-refractivity contribution in [3.8, 4) is 5.75 Å². The van der Waals surface area contributed by atoms with Crippen molar-refractivity contribution in [1.29, 1.82) is 0 Å². The number of benzene rings is 2. The van der Waals surface area contributed by atoms with E-state index in [0.717, 1.165) is 36.1 Å². The molecule has 1 aliphatic heterocycles. The number of amides is 2. The summed E-state index contributed by atoms with van der Waals surface area (Å²) in [5, 5.41) is 6.36. The molecule has 0 saturated carbocycles. The van der Waals surface area contributed by atoms with Gasteiger partial charge in [0.15, 0.2) is 0 Å². The zero-order valence-corrected chi connectivity index (χ0v) is 17.1. The number of anilines is 1. The summed E-state index contributed by atoms with van der Waals surface area (Å²) in [5.74, 6) is 0.578. The molecule has 2 heterocycles. The molecule has 160 valence electrons. The molecule has 0 bridgehead atoms. The summed E-state index contributed by atoms with van der Waals surface area (Å²) in [6.45, 7) is 1.86. The Kier molecular flexibility index (Phi) is 6.62. The van der Waals surface area contributed by atoms with E-state index in [1.54, 1.807) is 17.0 Å². The molecule has 1 N–H and O–H groups in total. The lowest BCUT2D eigenvalue weighted by Crippen LogP contribution is -2.39. The number of nitrogens with one attached hydrogen (secondary N) is 1. The first-order valence-electron chi connectivity index (χ1n) is 10.3. The van der Waals surface area contributed by atoms with E-state index in [2.05, 4.69) is 16.5 Å². The molecule has 7 heteroatoms. The zero-order valence-electron chi connectivity index (χ0n) is 17.1. The minimum absolute atomic E-state index is 0.140. The fourth-order valence-corrected chi connectivity index (χ4v) is 3.48. The third-order valence-electron chi connectivity index (χ3n) is 5.18. The maximum atomic E-state index is 13.0. The van der Waals surface area contributed by atoms with Gasteiger partial charge >= 0.3 is 6.03 Å². The molecule has 1 aliphatic rings. The van der Waals surface area contributed by atoms with Gasteiger partial charge in [-0.1, -0.05) is 41.1 Å². The Morgan fingerprint density at radius 2 is 2.00 bits per heavy atom. The van der Waals surface area contributed by atoms with E-state index in [-0.39, 0.29) is 11.8 Å². The molecule has 0 radical (unpaired) electrons. The van der Waals surface area contributed by atoms with Crippen LogP contribution in [0.4, 0.5) is 14.9 Å². The van der Waals surface area contributed by atoms with Crippen molar-refractivity contribution in [3.05, 3.63) is 83.5 Å². The van der Waals surface area contributed by atoms with Gasteiger partial charge in [-0.05, 0) is 48.2 Å². The van der Waals surface area contributed by atoms with Crippen molar-refractivity contribution >= 4 is 17.8 Å². The standard InChI is InChI=1S/C24H24FN3O3/c25-21-6-4-18(5-7-21)10-13-30-23-3-1-2-20(15-23)14-19-8-11-28(12-9-19)24(29)27-22-16-26-31-17-22/h1-7,14-17H,8-13H2,(H,27,29). The monoisotopic (exact) mass is 421 g/mol. The fraction of sp³-hybridized carbons (Fsp3) is 0.250. The van der Waals surface area contributed by atoms with Crippen molar-refractivity contribution in [2.45, 2.75) is 19.3 Å². The van der Waals surface area contributed by atoms with Crippen LogP contribution in [-0.4, -0.2) is 35.8 Å². The van der Waals surface area contributed by atoms with Crippen LogP contribution < -0.4 is 10.1 Å². The van der Waals surface area contributed by atoms with Crippen LogP contribution in [0.5, 0.6) is 5.75 Å². The number of hydrogen-bond donors (Lipinski definition) is 1. The van der Waals surface area contributed by atoms with Gasteiger partial charge in [0.2, 0.25) is 0 Å². The summed E-state index contributed by atoms with van der Waals surface area (Å²) in [6, 6.07) is 14.3. The molecule has 3 aromatic rings. The predicted octanol–water partition coefficient (Wildman–Crippen LogP) is 5.15. The highest BCUT2D eigenvalue weighted by Crippen LogP contribution is 2.22. The molecule has 0 aliphatic carbocycles. The van der Waals surface area contributed by atoms with Crippen LogP contribution in [0.3, 0.4) is 0 Å². The van der Waals surface area contributed by atoms with Crippen molar-refractivity contribution in [1.82, 2.24) is 10.1 Å². The van der Waals surface area contributed by atoms with Gasteiger partial charge in [0.1, 0.15) is 23.5 Å². The smallest absolute Gasteiger partial charge is 0.321 e. The number of carbonyl (C=O) groups is 1. The number of aromatic nitrogens is 1.